The lowest BCUT2D eigenvalue weighted by molar-refractivity contribution is 0.0692. The Morgan fingerprint density at radius 1 is 1.45 bits per heavy atom. The van der Waals surface area contributed by atoms with Crippen LogP contribution in [0, 0.1) is 23.6 Å². The molecule has 20 heavy (non-hydrogen) atoms. The first kappa shape index (κ1) is 14.5. The minimum Gasteiger partial charge on any atom is -0.339 e. The molecule has 1 aliphatic heterocycles. The monoisotopic (exact) mass is 274 g/mol. The Morgan fingerprint density at radius 2 is 2.15 bits per heavy atom. The first-order valence-corrected chi connectivity index (χ1v) is 6.89. The number of hydrogen-bond acceptors (Lipinski definition) is 2. The van der Waals surface area contributed by atoms with Gasteiger partial charge in [-0.25, -0.2) is 4.39 Å². The zero-order valence-electron chi connectivity index (χ0n) is 11.7. The topological polar surface area (TPSA) is 46.3 Å². The van der Waals surface area contributed by atoms with Crippen LogP contribution >= 0.6 is 0 Å². The highest BCUT2D eigenvalue weighted by molar-refractivity contribution is 5.94. The Kier molecular flexibility index (Phi) is 4.75. The number of hydrogen-bond donors (Lipinski definition) is 1. The Bertz CT molecular complexity index is 551. The third kappa shape index (κ3) is 3.37. The summed E-state index contributed by atoms with van der Waals surface area (Å²) >= 11 is 0. The molecule has 2 rings (SSSR count). The molecular formula is C16H19FN2O. The predicted octanol–water partition coefficient (Wildman–Crippen LogP) is 2.01. The van der Waals surface area contributed by atoms with Gasteiger partial charge in [0.25, 0.3) is 5.91 Å². The Labute approximate surface area is 119 Å². The van der Waals surface area contributed by atoms with Crippen molar-refractivity contribution < 1.29 is 9.18 Å². The van der Waals surface area contributed by atoms with Crippen LogP contribution in [-0.2, 0) is 0 Å². The summed E-state index contributed by atoms with van der Waals surface area (Å²) in [7, 11) is 0. The van der Waals surface area contributed by atoms with Gasteiger partial charge in [0, 0.05) is 18.7 Å². The molecule has 0 spiro atoms. The SMILES string of the molecule is CC1CCN(C(=O)c2ccc(C#CCN)cc2F)CC1. The van der Waals surface area contributed by atoms with E-state index < -0.39 is 5.82 Å². The van der Waals surface area contributed by atoms with Crippen molar-refractivity contribution in [2.45, 2.75) is 19.8 Å². The van der Waals surface area contributed by atoms with Crippen LogP contribution in [0.1, 0.15) is 35.7 Å². The van der Waals surface area contributed by atoms with E-state index in [2.05, 4.69) is 18.8 Å². The van der Waals surface area contributed by atoms with Crippen LogP contribution in [-0.4, -0.2) is 30.4 Å². The third-order valence-electron chi connectivity index (χ3n) is 3.61. The summed E-state index contributed by atoms with van der Waals surface area (Å²) in [5.41, 5.74) is 5.93. The molecule has 106 valence electrons. The van der Waals surface area contributed by atoms with E-state index in [1.165, 1.54) is 12.1 Å². The normalized spacial score (nSPS) is 15.7. The number of amides is 1. The average Bonchev–Trinajstić information content (AvgIpc) is 2.45. The lowest BCUT2D eigenvalue weighted by Crippen LogP contribution is -2.38. The maximum Gasteiger partial charge on any atom is 0.256 e. The molecule has 1 aliphatic rings. The van der Waals surface area contributed by atoms with Gasteiger partial charge in [-0.15, -0.1) is 0 Å². The number of nitrogens with two attached hydrogens (primary N) is 1. The Morgan fingerprint density at radius 3 is 2.75 bits per heavy atom. The molecule has 0 saturated carbocycles. The summed E-state index contributed by atoms with van der Waals surface area (Å²) in [6, 6.07) is 4.46. The van der Waals surface area contributed by atoms with E-state index in [1.807, 2.05) is 0 Å². The number of carbonyl (C=O) groups excluding carboxylic acids is 1. The summed E-state index contributed by atoms with van der Waals surface area (Å²) < 4.78 is 14.0. The minimum absolute atomic E-state index is 0.123. The molecule has 0 radical (unpaired) electrons. The molecule has 1 heterocycles. The fourth-order valence-corrected chi connectivity index (χ4v) is 2.30. The smallest absolute Gasteiger partial charge is 0.256 e. The van der Waals surface area contributed by atoms with Gasteiger partial charge in [0.05, 0.1) is 12.1 Å². The second kappa shape index (κ2) is 6.53. The van der Waals surface area contributed by atoms with E-state index in [0.717, 1.165) is 12.8 Å². The van der Waals surface area contributed by atoms with Crippen molar-refractivity contribution in [3.63, 3.8) is 0 Å². The van der Waals surface area contributed by atoms with Crippen molar-refractivity contribution >= 4 is 5.91 Å². The maximum atomic E-state index is 14.0. The quantitative estimate of drug-likeness (QED) is 0.796. The number of piperidine rings is 1. The first-order valence-electron chi connectivity index (χ1n) is 6.89. The lowest BCUT2D eigenvalue weighted by Gasteiger charge is -2.30. The van der Waals surface area contributed by atoms with Gasteiger partial charge in [0.15, 0.2) is 0 Å². The number of benzene rings is 1. The first-order chi connectivity index (χ1) is 9.61. The van der Waals surface area contributed by atoms with Crippen molar-refractivity contribution in [1.82, 2.24) is 4.90 Å². The molecule has 3 nitrogen and oxygen atoms in total. The molecule has 0 aromatic heterocycles. The summed E-state index contributed by atoms with van der Waals surface area (Å²) in [4.78, 5) is 14.0. The van der Waals surface area contributed by atoms with Crippen LogP contribution < -0.4 is 5.73 Å². The number of halogens is 1. The number of nitrogens with zero attached hydrogens (tertiary/aromatic N) is 1. The molecule has 1 amide bonds. The molecule has 1 aromatic rings. The summed E-state index contributed by atoms with van der Waals surface area (Å²) in [6.07, 6.45) is 1.96. The second-order valence-corrected chi connectivity index (χ2v) is 5.18. The minimum atomic E-state index is -0.516. The van der Waals surface area contributed by atoms with Crippen LogP contribution in [0.15, 0.2) is 18.2 Å². The molecule has 0 atom stereocenters. The van der Waals surface area contributed by atoms with Gasteiger partial charge in [-0.1, -0.05) is 18.8 Å². The predicted molar refractivity (Wildman–Crippen MR) is 76.6 cm³/mol. The highest BCUT2D eigenvalue weighted by Crippen LogP contribution is 2.19. The molecule has 1 aromatic carbocycles. The van der Waals surface area contributed by atoms with Gasteiger partial charge in [0.1, 0.15) is 5.82 Å². The van der Waals surface area contributed by atoms with Crippen molar-refractivity contribution in [3.8, 4) is 11.8 Å². The average molecular weight is 274 g/mol. The Hall–Kier alpha value is -1.86. The third-order valence-corrected chi connectivity index (χ3v) is 3.61. The van der Waals surface area contributed by atoms with Crippen LogP contribution in [0.25, 0.3) is 0 Å². The van der Waals surface area contributed by atoms with E-state index in [-0.39, 0.29) is 18.0 Å². The van der Waals surface area contributed by atoms with E-state index >= 15 is 0 Å². The van der Waals surface area contributed by atoms with Crippen molar-refractivity contribution in [2.75, 3.05) is 19.6 Å². The molecule has 1 saturated heterocycles. The molecule has 0 aliphatic carbocycles. The fourth-order valence-electron chi connectivity index (χ4n) is 2.30. The standard InChI is InChI=1S/C16H19FN2O/c1-12-6-9-19(10-7-12)16(20)14-5-4-13(3-2-8-18)11-15(14)17/h4-5,11-12H,6-10,18H2,1H3. The van der Waals surface area contributed by atoms with E-state index in [0.29, 0.717) is 24.6 Å². The zero-order valence-corrected chi connectivity index (χ0v) is 11.7. The van der Waals surface area contributed by atoms with Gasteiger partial charge in [-0.2, -0.15) is 0 Å². The molecular weight excluding hydrogens is 255 g/mol. The number of likely N-dealkylation sites (tertiary alicyclic amines) is 1. The Balaban J connectivity index is 2.14. The molecule has 4 heteroatoms. The van der Waals surface area contributed by atoms with Crippen molar-refractivity contribution in [3.05, 3.63) is 35.1 Å². The molecule has 1 fully saturated rings. The van der Waals surface area contributed by atoms with Crippen LogP contribution in [0.3, 0.4) is 0 Å². The highest BCUT2D eigenvalue weighted by Gasteiger charge is 2.23. The molecule has 0 unspecified atom stereocenters. The van der Waals surface area contributed by atoms with E-state index in [4.69, 9.17) is 5.73 Å². The number of rotatable bonds is 1. The summed E-state index contributed by atoms with van der Waals surface area (Å²) in [6.45, 7) is 3.81. The van der Waals surface area contributed by atoms with Crippen molar-refractivity contribution in [2.24, 2.45) is 11.7 Å². The van der Waals surface area contributed by atoms with Crippen molar-refractivity contribution in [1.29, 1.82) is 0 Å². The van der Waals surface area contributed by atoms with Crippen LogP contribution in [0.2, 0.25) is 0 Å². The van der Waals surface area contributed by atoms with Gasteiger partial charge in [-0.05, 0) is 37.0 Å². The van der Waals surface area contributed by atoms with Crippen LogP contribution in [0.4, 0.5) is 4.39 Å². The number of carbonyl (C=O) groups is 1. The highest BCUT2D eigenvalue weighted by atomic mass is 19.1. The van der Waals surface area contributed by atoms with Gasteiger partial charge < -0.3 is 10.6 Å². The van der Waals surface area contributed by atoms with E-state index in [1.54, 1.807) is 11.0 Å². The van der Waals surface area contributed by atoms with Gasteiger partial charge in [0.2, 0.25) is 0 Å². The summed E-state index contributed by atoms with van der Waals surface area (Å²) in [5.74, 6) is 5.31. The zero-order chi connectivity index (χ0) is 14.5. The van der Waals surface area contributed by atoms with E-state index in [9.17, 15) is 9.18 Å². The largest absolute Gasteiger partial charge is 0.339 e. The fraction of sp³-hybridized carbons (Fsp3) is 0.438. The van der Waals surface area contributed by atoms with Gasteiger partial charge in [-0.3, -0.25) is 4.79 Å². The molecule has 2 N–H and O–H groups in total. The lowest BCUT2D eigenvalue weighted by atomic mass is 9.98. The maximum absolute atomic E-state index is 14.0. The summed E-state index contributed by atoms with van der Waals surface area (Å²) in [5, 5.41) is 0. The second-order valence-electron chi connectivity index (χ2n) is 5.18. The molecule has 0 bridgehead atoms. The van der Waals surface area contributed by atoms with Crippen LogP contribution in [0.5, 0.6) is 0 Å². The van der Waals surface area contributed by atoms with Gasteiger partial charge >= 0.3 is 0 Å².